The summed E-state index contributed by atoms with van der Waals surface area (Å²) in [5.74, 6) is -2.86. The van der Waals surface area contributed by atoms with E-state index in [9.17, 15) is 23.9 Å². The summed E-state index contributed by atoms with van der Waals surface area (Å²) in [7, 11) is 0. The van der Waals surface area contributed by atoms with E-state index in [-0.39, 0.29) is 13.0 Å². The molecule has 0 bridgehead atoms. The van der Waals surface area contributed by atoms with Crippen molar-refractivity contribution in [2.75, 3.05) is 11.9 Å². The van der Waals surface area contributed by atoms with Gasteiger partial charge in [-0.3, -0.25) is 9.59 Å². The van der Waals surface area contributed by atoms with Crippen molar-refractivity contribution in [3.63, 3.8) is 0 Å². The first-order chi connectivity index (χ1) is 14.3. The number of amides is 1. The number of carbonyl (C=O) groups excluding carboxylic acids is 2. The van der Waals surface area contributed by atoms with Gasteiger partial charge >= 0.3 is 11.9 Å². The van der Waals surface area contributed by atoms with Gasteiger partial charge in [0.05, 0.1) is 24.3 Å². The van der Waals surface area contributed by atoms with Crippen LogP contribution in [0.25, 0.3) is 0 Å². The van der Waals surface area contributed by atoms with Gasteiger partial charge in [-0.25, -0.2) is 9.18 Å². The number of carboxylic acids is 1. The fourth-order valence-corrected chi connectivity index (χ4v) is 2.96. The standard InChI is InChI=1S/C21H19FN2O6/c1-2-29-19(27)14-5-9-16(10-6-14)23-20(28)21(12-18(25)26)11-17(24-30-21)13-3-7-15(22)8-4-13/h3-10H,2,11-12H2,1H3,(H,23,28)(H,25,26). The fourth-order valence-electron chi connectivity index (χ4n) is 2.96. The lowest BCUT2D eigenvalue weighted by Gasteiger charge is -2.23. The number of hydrogen-bond acceptors (Lipinski definition) is 6. The van der Waals surface area contributed by atoms with E-state index < -0.39 is 35.7 Å². The maximum atomic E-state index is 13.1. The molecule has 8 nitrogen and oxygen atoms in total. The van der Waals surface area contributed by atoms with Gasteiger partial charge in [-0.1, -0.05) is 17.3 Å². The normalized spacial score (nSPS) is 17.6. The number of hydrogen-bond donors (Lipinski definition) is 2. The van der Waals surface area contributed by atoms with Gasteiger partial charge in [0.15, 0.2) is 0 Å². The first-order valence-electron chi connectivity index (χ1n) is 9.14. The van der Waals surface area contributed by atoms with E-state index in [1.54, 1.807) is 6.92 Å². The molecular formula is C21H19FN2O6. The molecule has 2 N–H and O–H groups in total. The Morgan fingerprint density at radius 3 is 2.43 bits per heavy atom. The third kappa shape index (κ3) is 4.62. The van der Waals surface area contributed by atoms with E-state index in [4.69, 9.17) is 9.57 Å². The molecule has 1 aliphatic rings. The van der Waals surface area contributed by atoms with E-state index >= 15 is 0 Å². The number of ether oxygens (including phenoxy) is 1. The Morgan fingerprint density at radius 2 is 1.83 bits per heavy atom. The van der Waals surface area contributed by atoms with Crippen LogP contribution in [0.5, 0.6) is 0 Å². The van der Waals surface area contributed by atoms with Gasteiger partial charge in [-0.2, -0.15) is 0 Å². The van der Waals surface area contributed by atoms with Gasteiger partial charge < -0.3 is 20.0 Å². The van der Waals surface area contributed by atoms with Gasteiger partial charge in [-0.15, -0.1) is 0 Å². The predicted octanol–water partition coefficient (Wildman–Crippen LogP) is 2.98. The van der Waals surface area contributed by atoms with Crippen molar-refractivity contribution < 1.29 is 33.5 Å². The first-order valence-corrected chi connectivity index (χ1v) is 9.14. The number of anilines is 1. The average molecular weight is 414 g/mol. The van der Waals surface area contributed by atoms with E-state index in [2.05, 4.69) is 10.5 Å². The number of nitrogens with zero attached hydrogens (tertiary/aromatic N) is 1. The summed E-state index contributed by atoms with van der Waals surface area (Å²) in [6.45, 7) is 1.93. The van der Waals surface area contributed by atoms with Crippen LogP contribution in [0.3, 0.4) is 0 Å². The summed E-state index contributed by atoms with van der Waals surface area (Å²) in [4.78, 5) is 41.3. The van der Waals surface area contributed by atoms with Crippen molar-refractivity contribution in [3.05, 3.63) is 65.5 Å². The molecule has 1 amide bonds. The van der Waals surface area contributed by atoms with E-state index in [1.807, 2.05) is 0 Å². The Bertz CT molecular complexity index is 988. The first kappa shape index (κ1) is 21.0. The van der Waals surface area contributed by atoms with Crippen LogP contribution >= 0.6 is 0 Å². The molecular weight excluding hydrogens is 395 g/mol. The average Bonchev–Trinajstić information content (AvgIpc) is 3.14. The molecule has 1 heterocycles. The molecule has 0 saturated carbocycles. The number of rotatable bonds is 7. The zero-order chi connectivity index (χ0) is 21.7. The third-order valence-electron chi connectivity index (χ3n) is 4.47. The Kier molecular flexibility index (Phi) is 6.10. The molecule has 0 radical (unpaired) electrons. The Labute approximate surface area is 171 Å². The summed E-state index contributed by atoms with van der Waals surface area (Å²) in [6.07, 6.45) is -0.717. The van der Waals surface area contributed by atoms with Crippen molar-refractivity contribution in [2.45, 2.75) is 25.4 Å². The molecule has 1 unspecified atom stereocenters. The number of benzene rings is 2. The number of oxime groups is 1. The number of esters is 1. The van der Waals surface area contributed by atoms with Crippen LogP contribution in [0, 0.1) is 5.82 Å². The molecule has 2 aromatic rings. The molecule has 0 spiro atoms. The lowest BCUT2D eigenvalue weighted by atomic mass is 9.90. The number of nitrogens with one attached hydrogen (secondary N) is 1. The lowest BCUT2D eigenvalue weighted by Crippen LogP contribution is -2.45. The molecule has 1 aliphatic heterocycles. The Hall–Kier alpha value is -3.75. The summed E-state index contributed by atoms with van der Waals surface area (Å²) < 4.78 is 18.0. The number of aliphatic carboxylic acids is 1. The van der Waals surface area contributed by atoms with Gasteiger partial charge in [0.1, 0.15) is 5.82 Å². The highest BCUT2D eigenvalue weighted by atomic mass is 19.1. The van der Waals surface area contributed by atoms with Crippen molar-refractivity contribution >= 4 is 29.2 Å². The minimum Gasteiger partial charge on any atom is -0.481 e. The monoisotopic (exact) mass is 414 g/mol. The van der Waals surface area contributed by atoms with Crippen molar-refractivity contribution in [1.82, 2.24) is 0 Å². The zero-order valence-electron chi connectivity index (χ0n) is 16.1. The molecule has 30 heavy (non-hydrogen) atoms. The molecule has 156 valence electrons. The van der Waals surface area contributed by atoms with Crippen LogP contribution in [0.2, 0.25) is 0 Å². The van der Waals surface area contributed by atoms with Crippen LogP contribution in [0.1, 0.15) is 35.7 Å². The molecule has 0 aromatic heterocycles. The van der Waals surface area contributed by atoms with E-state index in [0.29, 0.717) is 22.5 Å². The summed E-state index contributed by atoms with van der Waals surface area (Å²) in [5.41, 5.74) is -0.236. The highest BCUT2D eigenvalue weighted by molar-refractivity contribution is 6.09. The minimum absolute atomic E-state index is 0.0995. The SMILES string of the molecule is CCOC(=O)c1ccc(NC(=O)C2(CC(=O)O)CC(c3ccc(F)cc3)=NO2)cc1. The maximum absolute atomic E-state index is 13.1. The molecule has 0 saturated heterocycles. The second-order valence-corrected chi connectivity index (χ2v) is 6.63. The van der Waals surface area contributed by atoms with Crippen molar-refractivity contribution in [1.29, 1.82) is 0 Å². The van der Waals surface area contributed by atoms with E-state index in [0.717, 1.165) is 0 Å². The fraction of sp³-hybridized carbons (Fsp3) is 0.238. The summed E-state index contributed by atoms with van der Waals surface area (Å²) in [5, 5.41) is 15.8. The van der Waals surface area contributed by atoms with Crippen LogP contribution in [0.15, 0.2) is 53.7 Å². The van der Waals surface area contributed by atoms with E-state index in [1.165, 1.54) is 48.5 Å². The van der Waals surface area contributed by atoms with Gasteiger partial charge in [0.25, 0.3) is 5.91 Å². The third-order valence-corrected chi connectivity index (χ3v) is 4.47. The molecule has 0 aliphatic carbocycles. The molecule has 9 heteroatoms. The largest absolute Gasteiger partial charge is 0.481 e. The highest BCUT2D eigenvalue weighted by Gasteiger charge is 2.48. The minimum atomic E-state index is -1.75. The number of carbonyl (C=O) groups is 3. The van der Waals surface area contributed by atoms with Gasteiger partial charge in [-0.05, 0) is 48.9 Å². The second-order valence-electron chi connectivity index (χ2n) is 6.63. The number of halogens is 1. The summed E-state index contributed by atoms with van der Waals surface area (Å²) in [6, 6.07) is 11.4. The zero-order valence-corrected chi connectivity index (χ0v) is 16.1. The molecule has 1 atom stereocenters. The van der Waals surface area contributed by atoms with Gasteiger partial charge in [0.2, 0.25) is 5.60 Å². The molecule has 3 rings (SSSR count). The Morgan fingerprint density at radius 1 is 1.17 bits per heavy atom. The molecule has 2 aromatic carbocycles. The van der Waals surface area contributed by atoms with Crippen molar-refractivity contribution in [2.24, 2.45) is 5.16 Å². The lowest BCUT2D eigenvalue weighted by molar-refractivity contribution is -0.152. The van der Waals surface area contributed by atoms with Crippen LogP contribution < -0.4 is 5.32 Å². The van der Waals surface area contributed by atoms with Crippen LogP contribution in [0.4, 0.5) is 10.1 Å². The number of carboxylic acid groups (broad SMARTS) is 1. The maximum Gasteiger partial charge on any atom is 0.338 e. The topological polar surface area (TPSA) is 114 Å². The summed E-state index contributed by atoms with van der Waals surface area (Å²) >= 11 is 0. The van der Waals surface area contributed by atoms with Crippen LogP contribution in [-0.4, -0.2) is 40.9 Å². The van der Waals surface area contributed by atoms with Gasteiger partial charge in [0, 0.05) is 12.1 Å². The highest BCUT2D eigenvalue weighted by Crippen LogP contribution is 2.32. The Balaban J connectivity index is 1.76. The molecule has 0 fully saturated rings. The smallest absolute Gasteiger partial charge is 0.338 e. The van der Waals surface area contributed by atoms with Crippen molar-refractivity contribution in [3.8, 4) is 0 Å². The quantitative estimate of drug-likeness (QED) is 0.674. The second kappa shape index (κ2) is 8.73. The van der Waals surface area contributed by atoms with Crippen LogP contribution in [-0.2, 0) is 19.2 Å². The predicted molar refractivity (Wildman–Crippen MR) is 105 cm³/mol.